The summed E-state index contributed by atoms with van der Waals surface area (Å²) >= 11 is 0. The van der Waals surface area contributed by atoms with Gasteiger partial charge in [-0.1, -0.05) is 51.5 Å². The quantitative estimate of drug-likeness (QED) is 0.368. The van der Waals surface area contributed by atoms with E-state index in [4.69, 9.17) is 0 Å². The lowest BCUT2D eigenvalue weighted by atomic mass is 9.98. The van der Waals surface area contributed by atoms with Gasteiger partial charge in [-0.3, -0.25) is 0 Å². The summed E-state index contributed by atoms with van der Waals surface area (Å²) in [4.78, 5) is 0. The Balaban J connectivity index is 3.11. The molecule has 0 aliphatic carbocycles. The number of allylic oxidation sites excluding steroid dienone is 1. The maximum atomic E-state index is 3.92. The molecular formula is C13H26. The van der Waals surface area contributed by atoms with Gasteiger partial charge in [0.2, 0.25) is 0 Å². The highest BCUT2D eigenvalue weighted by molar-refractivity contribution is 4.86. The molecule has 0 aromatic heterocycles. The van der Waals surface area contributed by atoms with Crippen LogP contribution in [0.5, 0.6) is 0 Å². The van der Waals surface area contributed by atoms with Gasteiger partial charge in [0, 0.05) is 0 Å². The van der Waals surface area contributed by atoms with Gasteiger partial charge in [0.15, 0.2) is 0 Å². The van der Waals surface area contributed by atoms with Gasteiger partial charge in [-0.15, -0.1) is 6.58 Å². The summed E-state index contributed by atoms with van der Waals surface area (Å²) in [7, 11) is 0. The van der Waals surface area contributed by atoms with Crippen LogP contribution in [0.15, 0.2) is 12.2 Å². The van der Waals surface area contributed by atoms with Gasteiger partial charge in [-0.2, -0.15) is 0 Å². The van der Waals surface area contributed by atoms with Gasteiger partial charge >= 0.3 is 0 Å². The lowest BCUT2D eigenvalue weighted by Crippen LogP contribution is -1.93. The molecular weight excluding hydrogens is 156 g/mol. The molecule has 1 unspecified atom stereocenters. The van der Waals surface area contributed by atoms with Crippen molar-refractivity contribution in [3.05, 3.63) is 12.2 Å². The Labute approximate surface area is 84.4 Å². The second kappa shape index (κ2) is 8.34. The van der Waals surface area contributed by atoms with Crippen LogP contribution in [0.1, 0.15) is 65.7 Å². The first-order valence-corrected chi connectivity index (χ1v) is 5.81. The maximum Gasteiger partial charge on any atom is -0.0326 e. The molecule has 0 heteroatoms. The predicted molar refractivity (Wildman–Crippen MR) is 62.0 cm³/mol. The average Bonchev–Trinajstić information content (AvgIpc) is 2.03. The molecule has 0 N–H and O–H groups in total. The molecule has 0 aromatic carbocycles. The Morgan fingerprint density at radius 3 is 2.38 bits per heavy atom. The van der Waals surface area contributed by atoms with Crippen molar-refractivity contribution in [2.45, 2.75) is 65.7 Å². The first-order chi connectivity index (χ1) is 6.16. The summed E-state index contributed by atoms with van der Waals surface area (Å²) in [5.74, 6) is 0.940. The van der Waals surface area contributed by atoms with Crippen LogP contribution in [-0.4, -0.2) is 0 Å². The highest BCUT2D eigenvalue weighted by Gasteiger charge is 1.99. The number of unbranched alkanes of at least 4 members (excludes halogenated alkanes) is 2. The van der Waals surface area contributed by atoms with Crippen molar-refractivity contribution >= 4 is 0 Å². The van der Waals surface area contributed by atoms with Crippen LogP contribution in [0.3, 0.4) is 0 Å². The zero-order valence-electron chi connectivity index (χ0n) is 9.73. The lowest BCUT2D eigenvalue weighted by molar-refractivity contribution is 0.456. The topological polar surface area (TPSA) is 0 Å². The molecule has 0 heterocycles. The van der Waals surface area contributed by atoms with E-state index in [0.717, 1.165) is 5.92 Å². The van der Waals surface area contributed by atoms with E-state index in [1.54, 1.807) is 0 Å². The Morgan fingerprint density at radius 1 is 1.15 bits per heavy atom. The fraction of sp³-hybridized carbons (Fsp3) is 0.846. The summed E-state index contributed by atoms with van der Waals surface area (Å²) in [6, 6.07) is 0. The van der Waals surface area contributed by atoms with E-state index in [0.29, 0.717) is 0 Å². The predicted octanol–water partition coefficient (Wildman–Crippen LogP) is 4.95. The Morgan fingerprint density at radius 2 is 1.85 bits per heavy atom. The van der Waals surface area contributed by atoms with E-state index in [1.165, 1.54) is 50.5 Å². The largest absolute Gasteiger partial charge is 0.100 e. The molecule has 13 heavy (non-hydrogen) atoms. The van der Waals surface area contributed by atoms with E-state index in [1.807, 2.05) is 0 Å². The molecule has 78 valence electrons. The standard InChI is InChI=1S/C13H26/c1-5-9-13(4)11-8-6-7-10-12(2)3/h13H,2,5-11H2,1,3-4H3. The summed E-state index contributed by atoms with van der Waals surface area (Å²) < 4.78 is 0. The highest BCUT2D eigenvalue weighted by Crippen LogP contribution is 2.15. The molecule has 1 atom stereocenters. The second-order valence-corrected chi connectivity index (χ2v) is 4.45. The first-order valence-electron chi connectivity index (χ1n) is 5.81. The minimum Gasteiger partial charge on any atom is -0.100 e. The summed E-state index contributed by atoms with van der Waals surface area (Å²) in [6.07, 6.45) is 9.53. The number of hydrogen-bond acceptors (Lipinski definition) is 0. The zero-order valence-corrected chi connectivity index (χ0v) is 9.73. The highest BCUT2D eigenvalue weighted by atomic mass is 14.1. The Kier molecular flexibility index (Phi) is 8.18. The van der Waals surface area contributed by atoms with Crippen LogP contribution in [-0.2, 0) is 0 Å². The van der Waals surface area contributed by atoms with E-state index in [2.05, 4.69) is 27.4 Å². The van der Waals surface area contributed by atoms with E-state index >= 15 is 0 Å². The van der Waals surface area contributed by atoms with Crippen molar-refractivity contribution < 1.29 is 0 Å². The molecule has 0 bridgehead atoms. The monoisotopic (exact) mass is 182 g/mol. The fourth-order valence-electron chi connectivity index (χ4n) is 1.73. The van der Waals surface area contributed by atoms with Crippen molar-refractivity contribution in [3.63, 3.8) is 0 Å². The lowest BCUT2D eigenvalue weighted by Gasteiger charge is -2.08. The molecule has 0 amide bonds. The van der Waals surface area contributed by atoms with Crippen LogP contribution >= 0.6 is 0 Å². The van der Waals surface area contributed by atoms with Gasteiger partial charge in [-0.05, 0) is 25.7 Å². The molecule has 0 nitrogen and oxygen atoms in total. The van der Waals surface area contributed by atoms with Gasteiger partial charge in [0.05, 0.1) is 0 Å². The smallest absolute Gasteiger partial charge is 0.0326 e. The molecule has 0 aromatic rings. The van der Waals surface area contributed by atoms with Crippen LogP contribution in [0, 0.1) is 5.92 Å². The third kappa shape index (κ3) is 9.66. The van der Waals surface area contributed by atoms with Gasteiger partial charge in [0.1, 0.15) is 0 Å². The van der Waals surface area contributed by atoms with Crippen LogP contribution < -0.4 is 0 Å². The summed E-state index contributed by atoms with van der Waals surface area (Å²) in [5.41, 5.74) is 1.33. The van der Waals surface area contributed by atoms with Crippen LogP contribution in [0.2, 0.25) is 0 Å². The Hall–Kier alpha value is -0.260. The summed E-state index contributed by atoms with van der Waals surface area (Å²) in [5, 5.41) is 0. The van der Waals surface area contributed by atoms with Crippen molar-refractivity contribution in [2.24, 2.45) is 5.92 Å². The molecule has 0 aliphatic rings. The summed E-state index contributed by atoms with van der Waals surface area (Å²) in [6.45, 7) is 10.7. The second-order valence-electron chi connectivity index (χ2n) is 4.45. The maximum absolute atomic E-state index is 3.92. The number of rotatable bonds is 8. The van der Waals surface area contributed by atoms with Gasteiger partial charge in [-0.25, -0.2) is 0 Å². The normalized spacial score (nSPS) is 12.8. The Bertz CT molecular complexity index is 124. The molecule has 0 saturated heterocycles. The van der Waals surface area contributed by atoms with E-state index in [9.17, 15) is 0 Å². The molecule has 0 fully saturated rings. The molecule has 0 radical (unpaired) electrons. The molecule has 0 rings (SSSR count). The minimum absolute atomic E-state index is 0.940. The van der Waals surface area contributed by atoms with Crippen molar-refractivity contribution in [3.8, 4) is 0 Å². The van der Waals surface area contributed by atoms with Crippen molar-refractivity contribution in [1.29, 1.82) is 0 Å². The third-order valence-electron chi connectivity index (χ3n) is 2.58. The van der Waals surface area contributed by atoms with Crippen LogP contribution in [0.4, 0.5) is 0 Å². The SMILES string of the molecule is C=C(C)CCCCCC(C)CCC. The van der Waals surface area contributed by atoms with Crippen molar-refractivity contribution in [1.82, 2.24) is 0 Å². The fourth-order valence-corrected chi connectivity index (χ4v) is 1.73. The minimum atomic E-state index is 0.940. The molecule has 0 spiro atoms. The molecule has 0 saturated carbocycles. The average molecular weight is 182 g/mol. The van der Waals surface area contributed by atoms with E-state index in [-0.39, 0.29) is 0 Å². The van der Waals surface area contributed by atoms with Gasteiger partial charge < -0.3 is 0 Å². The zero-order chi connectivity index (χ0) is 10.1. The molecule has 0 aliphatic heterocycles. The van der Waals surface area contributed by atoms with Crippen LogP contribution in [0.25, 0.3) is 0 Å². The van der Waals surface area contributed by atoms with Gasteiger partial charge in [0.25, 0.3) is 0 Å². The van der Waals surface area contributed by atoms with E-state index < -0.39 is 0 Å². The third-order valence-corrected chi connectivity index (χ3v) is 2.58. The van der Waals surface area contributed by atoms with Crippen molar-refractivity contribution in [2.75, 3.05) is 0 Å². The number of hydrogen-bond donors (Lipinski definition) is 0. The first kappa shape index (κ1) is 12.7.